The van der Waals surface area contributed by atoms with Gasteiger partial charge < -0.3 is 10.1 Å². The first-order chi connectivity index (χ1) is 10.1. The maximum absolute atomic E-state index is 12.2. The number of carbonyl (C=O) groups excluding carboxylic acids is 1. The molecule has 1 heterocycles. The van der Waals surface area contributed by atoms with Crippen LogP contribution in [0.15, 0.2) is 24.3 Å². The molecule has 2 fully saturated rings. The van der Waals surface area contributed by atoms with Crippen molar-refractivity contribution >= 4 is 5.91 Å². The summed E-state index contributed by atoms with van der Waals surface area (Å²) in [6, 6.07) is 8.78. The van der Waals surface area contributed by atoms with Crippen LogP contribution in [0.2, 0.25) is 0 Å². The maximum Gasteiger partial charge on any atom is 0.223 e. The number of rotatable bonds is 5. The average molecular weight is 287 g/mol. The van der Waals surface area contributed by atoms with E-state index in [1.165, 1.54) is 11.1 Å². The molecule has 1 aromatic carbocycles. The van der Waals surface area contributed by atoms with E-state index in [0.717, 1.165) is 32.6 Å². The summed E-state index contributed by atoms with van der Waals surface area (Å²) in [5, 5.41) is 3.10. The first-order valence-corrected chi connectivity index (χ1v) is 8.10. The fourth-order valence-electron chi connectivity index (χ4n) is 3.10. The molecule has 0 aromatic heterocycles. The van der Waals surface area contributed by atoms with Crippen LogP contribution in [-0.4, -0.2) is 25.7 Å². The Bertz CT molecular complexity index is 488. The first-order valence-electron chi connectivity index (χ1n) is 8.10. The fraction of sp³-hybridized carbons (Fsp3) is 0.611. The van der Waals surface area contributed by atoms with Crippen molar-refractivity contribution in [3.8, 4) is 0 Å². The van der Waals surface area contributed by atoms with Gasteiger partial charge in [0.25, 0.3) is 0 Å². The van der Waals surface area contributed by atoms with Crippen LogP contribution >= 0.6 is 0 Å². The van der Waals surface area contributed by atoms with Gasteiger partial charge in [0.05, 0.1) is 6.61 Å². The summed E-state index contributed by atoms with van der Waals surface area (Å²) in [4.78, 5) is 12.2. The average Bonchev–Trinajstić information content (AvgIpc) is 3.12. The van der Waals surface area contributed by atoms with Crippen LogP contribution in [-0.2, 0) is 9.53 Å². The van der Waals surface area contributed by atoms with E-state index in [2.05, 4.69) is 43.4 Å². The third-order valence-corrected chi connectivity index (χ3v) is 4.75. The number of amides is 1. The van der Waals surface area contributed by atoms with Crippen molar-refractivity contribution in [2.45, 2.75) is 38.5 Å². The van der Waals surface area contributed by atoms with Crippen LogP contribution < -0.4 is 5.32 Å². The Morgan fingerprint density at radius 2 is 2.10 bits per heavy atom. The van der Waals surface area contributed by atoms with Crippen molar-refractivity contribution in [1.29, 1.82) is 0 Å². The second-order valence-electron chi connectivity index (χ2n) is 6.74. The van der Waals surface area contributed by atoms with Crippen molar-refractivity contribution in [2.75, 3.05) is 19.8 Å². The van der Waals surface area contributed by atoms with Gasteiger partial charge in [0.2, 0.25) is 5.91 Å². The monoisotopic (exact) mass is 287 g/mol. The van der Waals surface area contributed by atoms with Gasteiger partial charge in [-0.25, -0.2) is 0 Å². The van der Waals surface area contributed by atoms with Gasteiger partial charge in [0.1, 0.15) is 0 Å². The molecule has 3 rings (SSSR count). The summed E-state index contributed by atoms with van der Waals surface area (Å²) in [6.45, 7) is 6.82. The largest absolute Gasteiger partial charge is 0.381 e. The minimum atomic E-state index is 0.178. The number of benzene rings is 1. The second-order valence-corrected chi connectivity index (χ2v) is 6.74. The van der Waals surface area contributed by atoms with Crippen LogP contribution in [0.4, 0.5) is 0 Å². The molecular weight excluding hydrogens is 262 g/mol. The molecule has 0 spiro atoms. The highest BCUT2D eigenvalue weighted by atomic mass is 16.5. The number of nitrogens with one attached hydrogen (secondary N) is 1. The van der Waals surface area contributed by atoms with E-state index in [9.17, 15) is 4.79 Å². The van der Waals surface area contributed by atoms with Gasteiger partial charge in [-0.1, -0.05) is 38.1 Å². The lowest BCUT2D eigenvalue weighted by atomic mass is 10.00. The smallest absolute Gasteiger partial charge is 0.223 e. The molecule has 1 amide bonds. The summed E-state index contributed by atoms with van der Waals surface area (Å²) in [6.07, 6.45) is 2.07. The number of carbonyl (C=O) groups is 1. The Balaban J connectivity index is 1.49. The molecule has 3 heteroatoms. The van der Waals surface area contributed by atoms with E-state index < -0.39 is 0 Å². The summed E-state index contributed by atoms with van der Waals surface area (Å²) in [5.74, 6) is 1.89. The van der Waals surface area contributed by atoms with Gasteiger partial charge in [-0.3, -0.25) is 4.79 Å². The molecular formula is C18H25NO2. The molecule has 1 saturated heterocycles. The molecule has 3 nitrogen and oxygen atoms in total. The van der Waals surface area contributed by atoms with Gasteiger partial charge in [-0.05, 0) is 35.8 Å². The van der Waals surface area contributed by atoms with Crippen molar-refractivity contribution in [1.82, 2.24) is 5.32 Å². The lowest BCUT2D eigenvalue weighted by Gasteiger charge is -2.10. The number of hydrogen-bond acceptors (Lipinski definition) is 2. The van der Waals surface area contributed by atoms with Crippen LogP contribution in [0.1, 0.15) is 49.7 Å². The zero-order valence-corrected chi connectivity index (χ0v) is 13.0. The lowest BCUT2D eigenvalue weighted by Crippen LogP contribution is -2.31. The van der Waals surface area contributed by atoms with Gasteiger partial charge in [-0.2, -0.15) is 0 Å². The molecule has 2 aliphatic rings. The van der Waals surface area contributed by atoms with Crippen LogP contribution in [0.25, 0.3) is 0 Å². The molecule has 1 saturated carbocycles. The Kier molecular flexibility index (Phi) is 4.29. The van der Waals surface area contributed by atoms with Crippen LogP contribution in [0.5, 0.6) is 0 Å². The van der Waals surface area contributed by atoms with E-state index in [-0.39, 0.29) is 11.8 Å². The quantitative estimate of drug-likeness (QED) is 0.904. The van der Waals surface area contributed by atoms with Crippen molar-refractivity contribution in [3.05, 3.63) is 35.4 Å². The second kappa shape index (κ2) is 6.18. The molecule has 114 valence electrons. The molecule has 0 bridgehead atoms. The van der Waals surface area contributed by atoms with E-state index >= 15 is 0 Å². The minimum absolute atomic E-state index is 0.178. The first kappa shape index (κ1) is 14.6. The maximum atomic E-state index is 12.2. The predicted molar refractivity (Wildman–Crippen MR) is 83.3 cm³/mol. The SMILES string of the molecule is CC(C)c1ccc([C@@H]2C[C@H]2C(=O)NC[C@@H]2CCOC2)cc1. The van der Waals surface area contributed by atoms with Gasteiger partial charge in [0, 0.05) is 25.0 Å². The molecule has 1 aliphatic heterocycles. The highest BCUT2D eigenvalue weighted by Crippen LogP contribution is 2.47. The van der Waals surface area contributed by atoms with Crippen LogP contribution in [0, 0.1) is 11.8 Å². The molecule has 21 heavy (non-hydrogen) atoms. The third kappa shape index (κ3) is 3.46. The summed E-state index contributed by atoms with van der Waals surface area (Å²) >= 11 is 0. The third-order valence-electron chi connectivity index (χ3n) is 4.75. The minimum Gasteiger partial charge on any atom is -0.381 e. The Morgan fingerprint density at radius 1 is 1.33 bits per heavy atom. The predicted octanol–water partition coefficient (Wildman–Crippen LogP) is 3.07. The zero-order chi connectivity index (χ0) is 14.8. The van der Waals surface area contributed by atoms with E-state index in [0.29, 0.717) is 17.8 Å². The topological polar surface area (TPSA) is 38.3 Å². The molecule has 0 unspecified atom stereocenters. The van der Waals surface area contributed by atoms with Gasteiger partial charge in [0.15, 0.2) is 0 Å². The van der Waals surface area contributed by atoms with E-state index in [4.69, 9.17) is 4.74 Å². The number of hydrogen-bond donors (Lipinski definition) is 1. The summed E-state index contributed by atoms with van der Waals surface area (Å²) in [7, 11) is 0. The van der Waals surface area contributed by atoms with E-state index in [1.807, 2.05) is 0 Å². The lowest BCUT2D eigenvalue weighted by molar-refractivity contribution is -0.122. The molecule has 3 atom stereocenters. The highest BCUT2D eigenvalue weighted by molar-refractivity contribution is 5.82. The Morgan fingerprint density at radius 3 is 2.71 bits per heavy atom. The van der Waals surface area contributed by atoms with Gasteiger partial charge >= 0.3 is 0 Å². The zero-order valence-electron chi connectivity index (χ0n) is 13.0. The summed E-state index contributed by atoms with van der Waals surface area (Å²) in [5.41, 5.74) is 2.67. The van der Waals surface area contributed by atoms with E-state index in [1.54, 1.807) is 0 Å². The molecule has 1 N–H and O–H groups in total. The van der Waals surface area contributed by atoms with Crippen molar-refractivity contribution in [3.63, 3.8) is 0 Å². The molecule has 0 radical (unpaired) electrons. The molecule has 1 aromatic rings. The van der Waals surface area contributed by atoms with Crippen molar-refractivity contribution in [2.24, 2.45) is 11.8 Å². The van der Waals surface area contributed by atoms with Crippen molar-refractivity contribution < 1.29 is 9.53 Å². The highest BCUT2D eigenvalue weighted by Gasteiger charge is 2.43. The molecule has 1 aliphatic carbocycles. The normalized spacial score (nSPS) is 27.9. The summed E-state index contributed by atoms with van der Waals surface area (Å²) < 4.78 is 5.34. The van der Waals surface area contributed by atoms with Crippen LogP contribution in [0.3, 0.4) is 0 Å². The van der Waals surface area contributed by atoms with Gasteiger partial charge in [-0.15, -0.1) is 0 Å². The fourth-order valence-corrected chi connectivity index (χ4v) is 3.10. The Labute approximate surface area is 127 Å². The number of ether oxygens (including phenoxy) is 1. The standard InChI is InChI=1S/C18H25NO2/c1-12(2)14-3-5-15(6-4-14)16-9-17(16)18(20)19-10-13-7-8-21-11-13/h3-6,12-13,16-17H,7-11H2,1-2H3,(H,19,20)/t13-,16-,17+/m0/s1. The Hall–Kier alpha value is -1.35.